The van der Waals surface area contributed by atoms with E-state index in [9.17, 15) is 22.8 Å². The van der Waals surface area contributed by atoms with Crippen LogP contribution in [0.5, 0.6) is 0 Å². The maximum Gasteiger partial charge on any atom is 0.471 e. The van der Waals surface area contributed by atoms with Crippen LogP contribution < -0.4 is 5.32 Å². The fraction of sp³-hybridized carbons (Fsp3) is 0.133. The monoisotopic (exact) mass is 323 g/mol. The Kier molecular flexibility index (Phi) is 4.63. The van der Waals surface area contributed by atoms with Crippen molar-refractivity contribution in [3.8, 4) is 0 Å². The molecular weight excluding hydrogens is 311 g/mol. The van der Waals surface area contributed by atoms with Crippen molar-refractivity contribution >= 4 is 23.5 Å². The highest BCUT2D eigenvalue weighted by Gasteiger charge is 2.38. The van der Waals surface area contributed by atoms with Crippen LogP contribution in [0.15, 0.2) is 42.7 Å². The number of aryl methyl sites for hydroxylation is 1. The van der Waals surface area contributed by atoms with Crippen LogP contribution in [0.25, 0.3) is 6.08 Å². The third kappa shape index (κ3) is 4.53. The molecular formula is C15H12F3N3O2. The van der Waals surface area contributed by atoms with E-state index in [-0.39, 0.29) is 11.5 Å². The normalized spacial score (nSPS) is 11.7. The van der Waals surface area contributed by atoms with Crippen LogP contribution in [0, 0.1) is 0 Å². The lowest BCUT2D eigenvalue weighted by atomic mass is 10.1. The molecule has 8 heteroatoms. The SMILES string of the molecule is Cn1cc(C(=O)C=Cc2cccc(NC(=O)C(F)(F)F)c2)cn1. The van der Waals surface area contributed by atoms with Crippen LogP contribution >= 0.6 is 0 Å². The molecule has 1 amide bonds. The number of carbonyl (C=O) groups is 2. The Morgan fingerprint density at radius 1 is 1.30 bits per heavy atom. The van der Waals surface area contributed by atoms with Crippen molar-refractivity contribution in [2.45, 2.75) is 6.18 Å². The van der Waals surface area contributed by atoms with Gasteiger partial charge in [0.2, 0.25) is 0 Å². The molecule has 0 unspecified atom stereocenters. The first-order valence-corrected chi connectivity index (χ1v) is 6.45. The van der Waals surface area contributed by atoms with Gasteiger partial charge in [-0.15, -0.1) is 0 Å². The Hall–Kier alpha value is -2.90. The Balaban J connectivity index is 2.09. The Morgan fingerprint density at radius 3 is 2.65 bits per heavy atom. The van der Waals surface area contributed by atoms with E-state index in [1.165, 1.54) is 41.2 Å². The number of rotatable bonds is 4. The summed E-state index contributed by atoms with van der Waals surface area (Å²) in [6.07, 6.45) is 0.724. The van der Waals surface area contributed by atoms with Gasteiger partial charge in [-0.2, -0.15) is 18.3 Å². The second-order valence-electron chi connectivity index (χ2n) is 4.68. The lowest BCUT2D eigenvalue weighted by Crippen LogP contribution is -2.29. The summed E-state index contributed by atoms with van der Waals surface area (Å²) in [6, 6.07) is 5.72. The van der Waals surface area contributed by atoms with E-state index >= 15 is 0 Å². The maximum absolute atomic E-state index is 12.2. The average Bonchev–Trinajstić information content (AvgIpc) is 2.91. The summed E-state index contributed by atoms with van der Waals surface area (Å²) in [5.41, 5.74) is 0.857. The molecule has 0 saturated heterocycles. The van der Waals surface area contributed by atoms with Gasteiger partial charge >= 0.3 is 12.1 Å². The number of alkyl halides is 3. The second kappa shape index (κ2) is 6.47. The molecule has 2 aromatic rings. The zero-order chi connectivity index (χ0) is 17.0. The standard InChI is InChI=1S/C15H12F3N3O2/c1-21-9-11(8-19-21)13(22)6-5-10-3-2-4-12(7-10)20-14(23)15(16,17)18/h2-9H,1H3,(H,20,23). The number of anilines is 1. The first-order chi connectivity index (χ1) is 10.8. The van der Waals surface area contributed by atoms with Crippen molar-refractivity contribution in [3.05, 3.63) is 53.9 Å². The molecule has 0 atom stereocenters. The molecule has 2 rings (SSSR count). The van der Waals surface area contributed by atoms with Crippen molar-refractivity contribution in [1.29, 1.82) is 0 Å². The number of benzene rings is 1. The summed E-state index contributed by atoms with van der Waals surface area (Å²) in [6.45, 7) is 0. The smallest absolute Gasteiger partial charge is 0.318 e. The van der Waals surface area contributed by atoms with E-state index in [1.807, 2.05) is 0 Å². The number of nitrogens with zero attached hydrogens (tertiary/aromatic N) is 2. The van der Waals surface area contributed by atoms with E-state index in [2.05, 4.69) is 5.10 Å². The molecule has 5 nitrogen and oxygen atoms in total. The molecule has 0 aliphatic heterocycles. The van der Waals surface area contributed by atoms with Gasteiger partial charge in [-0.05, 0) is 23.8 Å². The lowest BCUT2D eigenvalue weighted by molar-refractivity contribution is -0.167. The van der Waals surface area contributed by atoms with Gasteiger partial charge in [-0.3, -0.25) is 14.3 Å². The topological polar surface area (TPSA) is 64.0 Å². The Bertz CT molecular complexity index is 763. The van der Waals surface area contributed by atoms with Gasteiger partial charge < -0.3 is 5.32 Å². The molecule has 0 spiro atoms. The molecule has 0 fully saturated rings. The van der Waals surface area contributed by atoms with E-state index in [0.29, 0.717) is 11.1 Å². The zero-order valence-electron chi connectivity index (χ0n) is 12.0. The number of nitrogens with one attached hydrogen (secondary N) is 1. The lowest BCUT2D eigenvalue weighted by Gasteiger charge is -2.08. The van der Waals surface area contributed by atoms with E-state index < -0.39 is 12.1 Å². The Morgan fingerprint density at radius 2 is 2.04 bits per heavy atom. The first kappa shape index (κ1) is 16.5. The van der Waals surface area contributed by atoms with Crippen molar-refractivity contribution in [2.24, 2.45) is 7.05 Å². The highest BCUT2D eigenvalue weighted by molar-refractivity contribution is 6.06. The largest absolute Gasteiger partial charge is 0.471 e. The summed E-state index contributed by atoms with van der Waals surface area (Å²) >= 11 is 0. The van der Waals surface area contributed by atoms with E-state index in [1.54, 1.807) is 24.6 Å². The third-order valence-corrected chi connectivity index (χ3v) is 2.82. The maximum atomic E-state index is 12.2. The Labute approximate surface area is 129 Å². The quantitative estimate of drug-likeness (QED) is 0.695. The van der Waals surface area contributed by atoms with Crippen molar-refractivity contribution in [3.63, 3.8) is 0 Å². The number of halogens is 3. The number of hydrogen-bond donors (Lipinski definition) is 1. The van der Waals surface area contributed by atoms with Crippen LogP contribution in [0.1, 0.15) is 15.9 Å². The predicted octanol–water partition coefficient (Wildman–Crippen LogP) is 2.82. The molecule has 0 aliphatic rings. The van der Waals surface area contributed by atoms with Crippen molar-refractivity contribution in [2.75, 3.05) is 5.32 Å². The molecule has 0 aliphatic carbocycles. The minimum atomic E-state index is -4.96. The first-order valence-electron chi connectivity index (χ1n) is 6.45. The van der Waals surface area contributed by atoms with Gasteiger partial charge in [-0.25, -0.2) is 0 Å². The summed E-state index contributed by atoms with van der Waals surface area (Å²) in [4.78, 5) is 22.7. The number of aromatic nitrogens is 2. The van der Waals surface area contributed by atoms with Gasteiger partial charge in [0.25, 0.3) is 0 Å². The molecule has 120 valence electrons. The second-order valence-corrected chi connectivity index (χ2v) is 4.68. The molecule has 0 radical (unpaired) electrons. The number of hydrogen-bond acceptors (Lipinski definition) is 3. The average molecular weight is 323 g/mol. The van der Waals surface area contributed by atoms with Crippen LogP contribution in [-0.4, -0.2) is 27.6 Å². The molecule has 23 heavy (non-hydrogen) atoms. The van der Waals surface area contributed by atoms with Crippen molar-refractivity contribution in [1.82, 2.24) is 9.78 Å². The van der Waals surface area contributed by atoms with Crippen molar-refractivity contribution < 1.29 is 22.8 Å². The molecule has 1 N–H and O–H groups in total. The molecule has 1 heterocycles. The van der Waals surface area contributed by atoms with E-state index in [0.717, 1.165) is 0 Å². The zero-order valence-corrected chi connectivity index (χ0v) is 12.0. The molecule has 1 aromatic carbocycles. The highest BCUT2D eigenvalue weighted by atomic mass is 19.4. The van der Waals surface area contributed by atoms with Gasteiger partial charge in [0.1, 0.15) is 0 Å². The minimum Gasteiger partial charge on any atom is -0.318 e. The fourth-order valence-electron chi connectivity index (χ4n) is 1.74. The highest BCUT2D eigenvalue weighted by Crippen LogP contribution is 2.19. The molecule has 0 bridgehead atoms. The molecule has 1 aromatic heterocycles. The van der Waals surface area contributed by atoms with Gasteiger partial charge in [0.15, 0.2) is 5.78 Å². The number of amides is 1. The summed E-state index contributed by atoms with van der Waals surface area (Å²) in [7, 11) is 1.67. The summed E-state index contributed by atoms with van der Waals surface area (Å²) < 4.78 is 38.1. The third-order valence-electron chi connectivity index (χ3n) is 2.82. The van der Waals surface area contributed by atoms with Crippen LogP contribution in [0.2, 0.25) is 0 Å². The van der Waals surface area contributed by atoms with Crippen LogP contribution in [0.4, 0.5) is 18.9 Å². The van der Waals surface area contributed by atoms with Crippen LogP contribution in [0.3, 0.4) is 0 Å². The fourth-order valence-corrected chi connectivity index (χ4v) is 1.74. The molecule has 0 saturated carbocycles. The van der Waals surface area contributed by atoms with Gasteiger partial charge in [0.05, 0.1) is 11.8 Å². The summed E-state index contributed by atoms with van der Waals surface area (Å²) in [5, 5.41) is 5.62. The van der Waals surface area contributed by atoms with E-state index in [4.69, 9.17) is 0 Å². The minimum absolute atomic E-state index is 0.0108. The van der Waals surface area contributed by atoms with Crippen LogP contribution in [-0.2, 0) is 11.8 Å². The summed E-state index contributed by atoms with van der Waals surface area (Å²) in [5.74, 6) is -2.34. The number of carbonyl (C=O) groups excluding carboxylic acids is 2. The van der Waals surface area contributed by atoms with Gasteiger partial charge in [-0.1, -0.05) is 18.2 Å². The number of allylic oxidation sites excluding steroid dienone is 1. The number of ketones is 1. The van der Waals surface area contributed by atoms with Gasteiger partial charge in [0, 0.05) is 18.9 Å². The predicted molar refractivity (Wildman–Crippen MR) is 77.7 cm³/mol.